The lowest BCUT2D eigenvalue weighted by atomic mass is 10.0. The van der Waals surface area contributed by atoms with Crippen molar-refractivity contribution in [1.29, 1.82) is 0 Å². The van der Waals surface area contributed by atoms with Gasteiger partial charge in [0, 0.05) is 24.9 Å². The molecule has 0 aliphatic heterocycles. The van der Waals surface area contributed by atoms with Crippen LogP contribution in [0.4, 0.5) is 0 Å². The molecule has 0 aromatic heterocycles. The molecule has 0 aromatic rings. The predicted molar refractivity (Wildman–Crippen MR) is 64.0 cm³/mol. The highest BCUT2D eigenvalue weighted by atomic mass is 35.5. The number of hydrogen-bond donors (Lipinski definition) is 0. The lowest BCUT2D eigenvalue weighted by molar-refractivity contribution is -0.133. The third-order valence-electron chi connectivity index (χ3n) is 4.50. The Morgan fingerprint density at radius 3 is 2.00 bits per heavy atom. The molecule has 1 aliphatic carbocycles. The first-order valence-electron chi connectivity index (χ1n) is 5.50. The Morgan fingerprint density at radius 1 is 1.33 bits per heavy atom. The average molecular weight is 232 g/mol. The van der Waals surface area contributed by atoms with Gasteiger partial charge >= 0.3 is 0 Å². The molecule has 0 heterocycles. The lowest BCUT2D eigenvalue weighted by Crippen LogP contribution is -2.38. The molecule has 0 bridgehead atoms. The third-order valence-corrected chi connectivity index (χ3v) is 4.95. The monoisotopic (exact) mass is 231 g/mol. The normalized spacial score (nSPS) is 24.7. The van der Waals surface area contributed by atoms with Crippen molar-refractivity contribution in [3.8, 4) is 0 Å². The quantitative estimate of drug-likeness (QED) is 0.684. The minimum Gasteiger partial charge on any atom is -0.342 e. The Kier molecular flexibility index (Phi) is 3.13. The zero-order valence-corrected chi connectivity index (χ0v) is 11.4. The van der Waals surface area contributed by atoms with E-state index in [0.717, 1.165) is 0 Å². The van der Waals surface area contributed by atoms with Crippen molar-refractivity contribution < 1.29 is 4.79 Å². The van der Waals surface area contributed by atoms with Crippen LogP contribution >= 0.6 is 11.6 Å². The number of nitrogens with zero attached hydrogens (tertiary/aromatic N) is 1. The van der Waals surface area contributed by atoms with Gasteiger partial charge in [-0.2, -0.15) is 0 Å². The molecule has 3 heteroatoms. The maximum Gasteiger partial charge on any atom is 0.226 e. The summed E-state index contributed by atoms with van der Waals surface area (Å²) in [5.74, 6) is 0.870. The number of hydrogen-bond acceptors (Lipinski definition) is 1. The highest BCUT2D eigenvalue weighted by Gasteiger charge is 2.68. The maximum absolute atomic E-state index is 12.2. The molecule has 2 nitrogen and oxygen atoms in total. The molecule has 15 heavy (non-hydrogen) atoms. The lowest BCUT2D eigenvalue weighted by Gasteiger charge is -2.24. The minimum atomic E-state index is 0.115. The van der Waals surface area contributed by atoms with E-state index in [2.05, 4.69) is 27.7 Å². The molecule has 1 rings (SSSR count). The Balaban J connectivity index is 2.73. The van der Waals surface area contributed by atoms with Gasteiger partial charge in [-0.1, -0.05) is 27.7 Å². The van der Waals surface area contributed by atoms with Crippen LogP contribution in [0.3, 0.4) is 0 Å². The summed E-state index contributed by atoms with van der Waals surface area (Å²) in [6.45, 7) is 10.6. The summed E-state index contributed by atoms with van der Waals surface area (Å²) in [6.07, 6.45) is 0. The van der Waals surface area contributed by atoms with Crippen molar-refractivity contribution in [1.82, 2.24) is 4.90 Å². The zero-order chi connectivity index (χ0) is 12.0. The Bertz CT molecular complexity index is 259. The van der Waals surface area contributed by atoms with E-state index >= 15 is 0 Å². The van der Waals surface area contributed by atoms with Crippen molar-refractivity contribution in [3.05, 3.63) is 0 Å². The van der Waals surface area contributed by atoms with Crippen molar-refractivity contribution in [2.24, 2.45) is 16.7 Å². The van der Waals surface area contributed by atoms with E-state index in [4.69, 9.17) is 11.6 Å². The van der Waals surface area contributed by atoms with Gasteiger partial charge in [0.05, 0.1) is 0 Å². The van der Waals surface area contributed by atoms with Crippen LogP contribution in [-0.2, 0) is 4.79 Å². The van der Waals surface area contributed by atoms with Gasteiger partial charge in [-0.3, -0.25) is 4.79 Å². The number of carbonyl (C=O) groups excluding carboxylic acids is 1. The van der Waals surface area contributed by atoms with Gasteiger partial charge in [0.2, 0.25) is 5.91 Å². The molecule has 88 valence electrons. The smallest absolute Gasteiger partial charge is 0.226 e. The molecule has 1 aliphatic rings. The van der Waals surface area contributed by atoms with Crippen LogP contribution in [0.5, 0.6) is 0 Å². The van der Waals surface area contributed by atoms with Crippen molar-refractivity contribution in [2.75, 3.05) is 12.9 Å². The summed E-state index contributed by atoms with van der Waals surface area (Å²) in [4.78, 5) is 14.0. The van der Waals surface area contributed by atoms with Gasteiger partial charge < -0.3 is 4.90 Å². The highest BCUT2D eigenvalue weighted by molar-refractivity contribution is 6.18. The van der Waals surface area contributed by atoms with Gasteiger partial charge in [0.25, 0.3) is 0 Å². The second kappa shape index (κ2) is 3.65. The number of carbonyl (C=O) groups is 1. The molecule has 1 amide bonds. The molecule has 0 N–H and O–H groups in total. The zero-order valence-electron chi connectivity index (χ0n) is 10.6. The predicted octanol–water partition coefficient (Wildman–Crippen LogP) is 2.75. The van der Waals surface area contributed by atoms with Gasteiger partial charge in [-0.15, -0.1) is 11.6 Å². The summed E-state index contributed by atoms with van der Waals surface area (Å²) in [6, 6.07) is 0.117. The first kappa shape index (κ1) is 12.8. The van der Waals surface area contributed by atoms with Crippen molar-refractivity contribution in [2.45, 2.75) is 40.7 Å². The van der Waals surface area contributed by atoms with E-state index in [9.17, 15) is 4.79 Å². The number of amides is 1. The van der Waals surface area contributed by atoms with E-state index in [1.165, 1.54) is 0 Å². The van der Waals surface area contributed by atoms with E-state index in [1.54, 1.807) is 4.90 Å². The Hall–Kier alpha value is -0.240. The van der Waals surface area contributed by atoms with Crippen LogP contribution in [0.15, 0.2) is 0 Å². The third kappa shape index (κ3) is 1.77. The first-order chi connectivity index (χ1) is 6.67. The molecule has 1 fully saturated rings. The van der Waals surface area contributed by atoms with Crippen LogP contribution in [0.1, 0.15) is 34.6 Å². The first-order valence-corrected chi connectivity index (χ1v) is 6.04. The molecule has 0 saturated heterocycles. The Labute approximate surface area is 98.0 Å². The molecule has 1 atom stereocenters. The van der Waals surface area contributed by atoms with E-state index in [0.29, 0.717) is 5.88 Å². The van der Waals surface area contributed by atoms with Crippen LogP contribution < -0.4 is 0 Å². The molecule has 0 aromatic carbocycles. The summed E-state index contributed by atoms with van der Waals surface area (Å²) in [7, 11) is 1.85. The maximum atomic E-state index is 12.2. The molecule has 1 saturated carbocycles. The molecular formula is C12H22ClNO. The second-order valence-corrected chi connectivity index (χ2v) is 6.14. The fourth-order valence-electron chi connectivity index (χ4n) is 2.34. The fourth-order valence-corrected chi connectivity index (χ4v) is 2.55. The van der Waals surface area contributed by atoms with E-state index in [-0.39, 0.29) is 28.7 Å². The van der Waals surface area contributed by atoms with Gasteiger partial charge in [0.1, 0.15) is 0 Å². The summed E-state index contributed by atoms with van der Waals surface area (Å²) in [5, 5.41) is 0. The van der Waals surface area contributed by atoms with Crippen LogP contribution in [-0.4, -0.2) is 29.8 Å². The van der Waals surface area contributed by atoms with Crippen LogP contribution in [0.25, 0.3) is 0 Å². The molecular weight excluding hydrogens is 210 g/mol. The van der Waals surface area contributed by atoms with Crippen LogP contribution in [0.2, 0.25) is 0 Å². The largest absolute Gasteiger partial charge is 0.342 e. The molecule has 0 spiro atoms. The van der Waals surface area contributed by atoms with Crippen molar-refractivity contribution in [3.63, 3.8) is 0 Å². The number of halogens is 1. The highest BCUT2D eigenvalue weighted by Crippen LogP contribution is 2.68. The molecule has 1 unspecified atom stereocenters. The van der Waals surface area contributed by atoms with E-state index in [1.807, 2.05) is 14.0 Å². The second-order valence-electron chi connectivity index (χ2n) is 5.83. The SMILES string of the molecule is CC(CCl)N(C)C(=O)C1C(C)(C)C1(C)C. The standard InChI is InChI=1S/C12H22ClNO/c1-8(7-13)14(6)10(15)9-11(2,3)12(9,4)5/h8-9H,7H2,1-6H3. The van der Waals surface area contributed by atoms with E-state index < -0.39 is 0 Å². The average Bonchev–Trinajstić information content (AvgIpc) is 2.54. The molecule has 0 radical (unpaired) electrons. The number of rotatable bonds is 3. The topological polar surface area (TPSA) is 20.3 Å². The van der Waals surface area contributed by atoms with Crippen molar-refractivity contribution >= 4 is 17.5 Å². The van der Waals surface area contributed by atoms with Crippen LogP contribution in [0, 0.1) is 16.7 Å². The summed E-state index contributed by atoms with van der Waals surface area (Å²) < 4.78 is 0. The van der Waals surface area contributed by atoms with Gasteiger partial charge in [0.15, 0.2) is 0 Å². The summed E-state index contributed by atoms with van der Waals surface area (Å²) in [5.41, 5.74) is 0.231. The van der Waals surface area contributed by atoms with Gasteiger partial charge in [-0.05, 0) is 17.8 Å². The summed E-state index contributed by atoms with van der Waals surface area (Å²) >= 11 is 5.76. The minimum absolute atomic E-state index is 0.115. The Morgan fingerprint density at radius 2 is 1.73 bits per heavy atom. The number of alkyl halides is 1. The van der Waals surface area contributed by atoms with Gasteiger partial charge in [-0.25, -0.2) is 0 Å². The fraction of sp³-hybridized carbons (Fsp3) is 0.917.